The van der Waals surface area contributed by atoms with Crippen LogP contribution in [-0.2, 0) is 0 Å². The number of thioether (sulfide) groups is 1. The maximum atomic E-state index is 13.8. The topological polar surface area (TPSA) is 49.4 Å². The van der Waals surface area contributed by atoms with E-state index in [-0.39, 0.29) is 11.8 Å². The van der Waals surface area contributed by atoms with Crippen molar-refractivity contribution in [3.05, 3.63) is 109 Å². The predicted octanol–water partition coefficient (Wildman–Crippen LogP) is 7.48. The average molecular weight is 548 g/mol. The molecule has 0 aliphatic carbocycles. The Kier molecular flexibility index (Phi) is 6.96. The zero-order chi connectivity index (χ0) is 22.8. The Morgan fingerprint density at radius 3 is 2.22 bits per heavy atom. The molecule has 1 atom stereocenters. The number of anilines is 1. The molecule has 4 rings (SSSR count). The fourth-order valence-corrected chi connectivity index (χ4v) is 5.01. The fraction of sp³-hybridized carbons (Fsp3) is 0.0833. The van der Waals surface area contributed by atoms with E-state index in [4.69, 9.17) is 23.2 Å². The molecule has 8 heteroatoms. The van der Waals surface area contributed by atoms with E-state index in [2.05, 4.69) is 21.2 Å². The number of carbonyl (C=O) groups is 2. The molecule has 4 nitrogen and oxygen atoms in total. The number of hydrogen-bond acceptors (Lipinski definition) is 3. The van der Waals surface area contributed by atoms with Crippen LogP contribution in [0.25, 0.3) is 0 Å². The smallest absolute Gasteiger partial charge is 0.326 e. The Bertz CT molecular complexity index is 1210. The van der Waals surface area contributed by atoms with Crippen molar-refractivity contribution in [1.29, 1.82) is 0 Å². The average Bonchev–Trinajstić information content (AvgIpc) is 2.79. The van der Waals surface area contributed by atoms with Gasteiger partial charge < -0.3 is 5.32 Å². The van der Waals surface area contributed by atoms with E-state index in [1.165, 1.54) is 16.7 Å². The van der Waals surface area contributed by atoms with Gasteiger partial charge in [0.25, 0.3) is 0 Å². The van der Waals surface area contributed by atoms with E-state index in [0.29, 0.717) is 31.9 Å². The highest BCUT2D eigenvalue weighted by molar-refractivity contribution is 9.10. The molecule has 1 heterocycles. The zero-order valence-corrected chi connectivity index (χ0v) is 20.7. The van der Waals surface area contributed by atoms with Crippen LogP contribution in [-0.4, -0.2) is 18.1 Å². The molecule has 0 bridgehead atoms. The highest BCUT2D eigenvalue weighted by Crippen LogP contribution is 2.40. The SMILES string of the molecule is CSC1=C(C(=O)c2ccc(Cl)cc2)C(c2cccc(Br)c2)NC(=O)N1c1ccc(Cl)cc1. The molecule has 1 N–H and O–H groups in total. The van der Waals surface area contributed by atoms with E-state index in [1.54, 1.807) is 48.5 Å². The summed E-state index contributed by atoms with van der Waals surface area (Å²) in [5.41, 5.74) is 2.38. The lowest BCUT2D eigenvalue weighted by atomic mass is 9.91. The van der Waals surface area contributed by atoms with Crippen LogP contribution in [0.2, 0.25) is 10.0 Å². The highest BCUT2D eigenvalue weighted by atomic mass is 79.9. The van der Waals surface area contributed by atoms with Gasteiger partial charge in [-0.3, -0.25) is 9.69 Å². The van der Waals surface area contributed by atoms with E-state index in [0.717, 1.165) is 10.0 Å². The van der Waals surface area contributed by atoms with Gasteiger partial charge in [0.05, 0.1) is 22.3 Å². The van der Waals surface area contributed by atoms with E-state index < -0.39 is 6.04 Å². The number of hydrogen-bond donors (Lipinski definition) is 1. The number of ketones is 1. The molecule has 1 aliphatic heterocycles. The van der Waals surface area contributed by atoms with Gasteiger partial charge in [-0.05, 0) is 72.5 Å². The van der Waals surface area contributed by atoms with E-state index in [1.807, 2.05) is 30.5 Å². The summed E-state index contributed by atoms with van der Waals surface area (Å²) in [5.74, 6) is -0.185. The third-order valence-corrected chi connectivity index (χ3v) is 6.79. The molecule has 32 heavy (non-hydrogen) atoms. The van der Waals surface area contributed by atoms with Gasteiger partial charge in [0.2, 0.25) is 0 Å². The van der Waals surface area contributed by atoms with Crippen LogP contribution in [0, 0.1) is 0 Å². The Labute approximate surface area is 208 Å². The highest BCUT2D eigenvalue weighted by Gasteiger charge is 2.38. The van der Waals surface area contributed by atoms with Gasteiger partial charge in [-0.1, -0.05) is 51.3 Å². The Balaban J connectivity index is 1.92. The molecular weight excluding hydrogens is 531 g/mol. The van der Waals surface area contributed by atoms with Crippen molar-refractivity contribution >= 4 is 68.4 Å². The Hall–Kier alpha value is -2.25. The molecule has 2 amide bonds. The predicted molar refractivity (Wildman–Crippen MR) is 136 cm³/mol. The molecule has 0 aromatic heterocycles. The number of carbonyl (C=O) groups excluding carboxylic acids is 2. The van der Waals surface area contributed by atoms with E-state index >= 15 is 0 Å². The summed E-state index contributed by atoms with van der Waals surface area (Å²) in [6.45, 7) is 0. The van der Waals surface area contributed by atoms with Crippen molar-refractivity contribution in [3.63, 3.8) is 0 Å². The molecule has 0 radical (unpaired) electrons. The Morgan fingerprint density at radius 2 is 1.62 bits per heavy atom. The first-order valence-electron chi connectivity index (χ1n) is 9.59. The number of urea groups is 1. The van der Waals surface area contributed by atoms with Gasteiger partial charge in [0.1, 0.15) is 0 Å². The number of halogens is 3. The molecule has 0 spiro atoms. The molecule has 0 fully saturated rings. The third kappa shape index (κ3) is 4.59. The maximum Gasteiger partial charge on any atom is 0.327 e. The number of benzene rings is 3. The van der Waals surface area contributed by atoms with Gasteiger partial charge in [-0.25, -0.2) is 4.79 Å². The van der Waals surface area contributed by atoms with Crippen LogP contribution in [0.5, 0.6) is 0 Å². The summed E-state index contributed by atoms with van der Waals surface area (Å²) in [6.07, 6.45) is 1.85. The van der Waals surface area contributed by atoms with Crippen LogP contribution >= 0.6 is 50.9 Å². The normalized spacial score (nSPS) is 16.2. The molecule has 3 aromatic rings. The van der Waals surface area contributed by atoms with Crippen molar-refractivity contribution in [2.75, 3.05) is 11.2 Å². The lowest BCUT2D eigenvalue weighted by Gasteiger charge is -2.36. The monoisotopic (exact) mass is 546 g/mol. The quantitative estimate of drug-likeness (QED) is 0.337. The minimum absolute atomic E-state index is 0.185. The number of nitrogens with zero attached hydrogens (tertiary/aromatic N) is 1. The van der Waals surface area contributed by atoms with Crippen LogP contribution < -0.4 is 10.2 Å². The van der Waals surface area contributed by atoms with Crippen molar-refractivity contribution < 1.29 is 9.59 Å². The molecule has 0 saturated carbocycles. The first-order valence-corrected chi connectivity index (χ1v) is 12.4. The zero-order valence-electron chi connectivity index (χ0n) is 16.8. The van der Waals surface area contributed by atoms with Crippen LogP contribution in [0.4, 0.5) is 10.5 Å². The molecule has 3 aromatic carbocycles. The largest absolute Gasteiger partial charge is 0.327 e. The third-order valence-electron chi connectivity index (χ3n) is 5.00. The lowest BCUT2D eigenvalue weighted by molar-refractivity contribution is 0.102. The summed E-state index contributed by atoms with van der Waals surface area (Å²) in [5, 5.41) is 4.68. The van der Waals surface area contributed by atoms with Gasteiger partial charge in [-0.15, -0.1) is 11.8 Å². The minimum Gasteiger partial charge on any atom is -0.326 e. The van der Waals surface area contributed by atoms with Crippen molar-refractivity contribution in [3.8, 4) is 0 Å². The number of amides is 2. The molecule has 1 unspecified atom stereocenters. The summed E-state index contributed by atoms with van der Waals surface area (Å²) < 4.78 is 0.855. The molecule has 0 saturated heterocycles. The first kappa shape index (κ1) is 22.9. The standard InChI is InChI=1S/C24H17BrCl2N2O2S/c1-32-23-20(22(30)14-5-7-17(26)8-6-14)21(15-3-2-4-16(25)13-15)28-24(31)29(23)19-11-9-18(27)10-12-19/h2-13,21H,1H3,(H,28,31). The first-order chi connectivity index (χ1) is 15.4. The second-order valence-electron chi connectivity index (χ2n) is 7.01. The minimum atomic E-state index is -0.617. The number of nitrogens with one attached hydrogen (secondary N) is 1. The Morgan fingerprint density at radius 1 is 1.00 bits per heavy atom. The number of Topliss-reactive ketones (excluding diaryl/α,β-unsaturated/α-hetero) is 1. The fourth-order valence-electron chi connectivity index (χ4n) is 3.54. The summed E-state index contributed by atoms with van der Waals surface area (Å²) in [6, 6.07) is 20.3. The van der Waals surface area contributed by atoms with Gasteiger partial charge in [0, 0.05) is 20.1 Å². The molecule has 1 aliphatic rings. The van der Waals surface area contributed by atoms with Crippen LogP contribution in [0.15, 0.2) is 87.9 Å². The van der Waals surface area contributed by atoms with Crippen LogP contribution in [0.1, 0.15) is 22.0 Å². The van der Waals surface area contributed by atoms with Gasteiger partial charge in [-0.2, -0.15) is 0 Å². The second-order valence-corrected chi connectivity index (χ2v) is 9.59. The van der Waals surface area contributed by atoms with Gasteiger partial charge >= 0.3 is 6.03 Å². The van der Waals surface area contributed by atoms with E-state index in [9.17, 15) is 9.59 Å². The van der Waals surface area contributed by atoms with Crippen molar-refractivity contribution in [2.45, 2.75) is 6.04 Å². The van der Waals surface area contributed by atoms with Crippen molar-refractivity contribution in [1.82, 2.24) is 5.32 Å². The second kappa shape index (κ2) is 9.71. The number of rotatable bonds is 5. The molecule has 162 valence electrons. The van der Waals surface area contributed by atoms with Crippen molar-refractivity contribution in [2.24, 2.45) is 0 Å². The molecular formula is C24H17BrCl2N2O2S. The summed E-state index contributed by atoms with van der Waals surface area (Å²) >= 11 is 16.9. The van der Waals surface area contributed by atoms with Crippen LogP contribution in [0.3, 0.4) is 0 Å². The summed E-state index contributed by atoms with van der Waals surface area (Å²) in [7, 11) is 0. The lowest BCUT2D eigenvalue weighted by Crippen LogP contribution is -2.48. The van der Waals surface area contributed by atoms with Gasteiger partial charge in [0.15, 0.2) is 5.78 Å². The summed E-state index contributed by atoms with van der Waals surface area (Å²) in [4.78, 5) is 28.5. The maximum absolute atomic E-state index is 13.8.